The number of nitrogens with one attached hydrogen (secondary N) is 2. The summed E-state index contributed by atoms with van der Waals surface area (Å²) in [6.45, 7) is 0. The number of fused-ring (bicyclic) bond motifs is 1. The van der Waals surface area contributed by atoms with Crippen LogP contribution in [0.1, 0.15) is 43.6 Å². The van der Waals surface area contributed by atoms with E-state index in [4.69, 9.17) is 11.6 Å². The van der Waals surface area contributed by atoms with Gasteiger partial charge in [-0.25, -0.2) is 8.78 Å². The number of rotatable bonds is 3. The van der Waals surface area contributed by atoms with Crippen molar-refractivity contribution in [2.45, 2.75) is 12.2 Å². The molecule has 11 heteroatoms. The maximum atomic E-state index is 13.8. The van der Waals surface area contributed by atoms with Gasteiger partial charge in [-0.3, -0.25) is 14.6 Å². The predicted octanol–water partition coefficient (Wildman–Crippen LogP) is 5.12. The van der Waals surface area contributed by atoms with Crippen LogP contribution >= 0.6 is 11.6 Å². The van der Waals surface area contributed by atoms with Crippen molar-refractivity contribution in [2.75, 3.05) is 5.32 Å². The van der Waals surface area contributed by atoms with Crippen molar-refractivity contribution in [3.63, 3.8) is 0 Å². The summed E-state index contributed by atoms with van der Waals surface area (Å²) in [5.41, 5.74) is -1.65. The molecule has 1 aromatic heterocycles. The summed E-state index contributed by atoms with van der Waals surface area (Å²) >= 11 is 6.15. The van der Waals surface area contributed by atoms with E-state index in [1.807, 2.05) is 0 Å². The first-order chi connectivity index (χ1) is 15.0. The summed E-state index contributed by atoms with van der Waals surface area (Å²) in [5.74, 6) is -3.54. The summed E-state index contributed by atoms with van der Waals surface area (Å²) in [4.78, 5) is 28.9. The fourth-order valence-electron chi connectivity index (χ4n) is 3.37. The van der Waals surface area contributed by atoms with E-state index in [-0.39, 0.29) is 33.6 Å². The van der Waals surface area contributed by atoms with E-state index in [9.17, 15) is 31.5 Å². The van der Waals surface area contributed by atoms with Gasteiger partial charge < -0.3 is 10.6 Å². The summed E-state index contributed by atoms with van der Waals surface area (Å²) in [6, 6.07) is 5.26. The Morgan fingerprint density at radius 3 is 2.53 bits per heavy atom. The smallest absolute Gasteiger partial charge is 0.340 e. The molecule has 0 spiro atoms. The van der Waals surface area contributed by atoms with Crippen LogP contribution in [0, 0.1) is 11.6 Å². The quantitative estimate of drug-likeness (QED) is 0.525. The molecule has 2 aromatic carbocycles. The molecule has 1 aliphatic rings. The Balaban J connectivity index is 1.75. The molecule has 0 saturated heterocycles. The van der Waals surface area contributed by atoms with Crippen LogP contribution in [0.25, 0.3) is 0 Å². The van der Waals surface area contributed by atoms with Crippen LogP contribution in [-0.2, 0) is 6.18 Å². The van der Waals surface area contributed by atoms with Gasteiger partial charge in [-0.1, -0.05) is 11.6 Å². The lowest BCUT2D eigenvalue weighted by atomic mass is 9.98. The predicted molar refractivity (Wildman–Crippen MR) is 104 cm³/mol. The highest BCUT2D eigenvalue weighted by molar-refractivity contribution is 6.31. The number of halogens is 6. The lowest BCUT2D eigenvalue weighted by Crippen LogP contribution is -2.21. The van der Waals surface area contributed by atoms with Crippen LogP contribution in [0.15, 0.2) is 48.7 Å². The van der Waals surface area contributed by atoms with E-state index in [0.717, 1.165) is 12.1 Å². The van der Waals surface area contributed by atoms with Gasteiger partial charge in [0.1, 0.15) is 17.3 Å². The topological polar surface area (TPSA) is 71.1 Å². The monoisotopic (exact) mass is 467 g/mol. The maximum absolute atomic E-state index is 13.8. The molecular formula is C21H11ClF5N3O2. The van der Waals surface area contributed by atoms with E-state index in [1.165, 1.54) is 18.3 Å². The molecule has 2 amide bonds. The summed E-state index contributed by atoms with van der Waals surface area (Å²) in [5, 5.41) is 5.09. The van der Waals surface area contributed by atoms with Crippen LogP contribution in [-0.4, -0.2) is 16.8 Å². The zero-order chi connectivity index (χ0) is 23.2. The Morgan fingerprint density at radius 2 is 1.81 bits per heavy atom. The van der Waals surface area contributed by atoms with Crippen molar-refractivity contribution in [1.29, 1.82) is 0 Å². The van der Waals surface area contributed by atoms with Crippen molar-refractivity contribution in [3.8, 4) is 0 Å². The molecule has 2 heterocycles. The molecular weight excluding hydrogens is 457 g/mol. The summed E-state index contributed by atoms with van der Waals surface area (Å²) in [7, 11) is 0. The van der Waals surface area contributed by atoms with Gasteiger partial charge in [-0.2, -0.15) is 13.2 Å². The van der Waals surface area contributed by atoms with Gasteiger partial charge in [-0.05, 0) is 42.5 Å². The number of anilines is 1. The Kier molecular flexibility index (Phi) is 5.33. The molecule has 1 atom stereocenters. The van der Waals surface area contributed by atoms with Crippen LogP contribution in [0.5, 0.6) is 0 Å². The fourth-order valence-corrected chi connectivity index (χ4v) is 3.60. The average molecular weight is 468 g/mol. The maximum Gasteiger partial charge on any atom is 0.416 e. The zero-order valence-electron chi connectivity index (χ0n) is 15.7. The normalized spacial score (nSPS) is 15.3. The average Bonchev–Trinajstić information content (AvgIpc) is 3.06. The number of nitrogens with zero attached hydrogens (tertiary/aromatic N) is 1. The number of pyridine rings is 1. The van der Waals surface area contributed by atoms with Gasteiger partial charge in [0.25, 0.3) is 11.8 Å². The molecule has 5 nitrogen and oxygen atoms in total. The molecule has 4 rings (SSSR count). The van der Waals surface area contributed by atoms with Crippen molar-refractivity contribution in [2.24, 2.45) is 0 Å². The van der Waals surface area contributed by atoms with Crippen molar-refractivity contribution >= 4 is 29.1 Å². The SMILES string of the molecule is O=C(Nc1ccnc2c1C(c1cc(F)ccc1Cl)NC2=O)c1cc(F)cc(C(F)(F)F)c1. The molecule has 0 fully saturated rings. The molecule has 3 aromatic rings. The molecule has 0 bridgehead atoms. The lowest BCUT2D eigenvalue weighted by Gasteiger charge is -2.17. The lowest BCUT2D eigenvalue weighted by molar-refractivity contribution is -0.137. The Labute approximate surface area is 182 Å². The van der Waals surface area contributed by atoms with Gasteiger partial charge >= 0.3 is 6.18 Å². The minimum atomic E-state index is -4.86. The van der Waals surface area contributed by atoms with Gasteiger partial charge in [0.15, 0.2) is 0 Å². The molecule has 2 N–H and O–H groups in total. The van der Waals surface area contributed by atoms with Crippen LogP contribution in [0.3, 0.4) is 0 Å². The third-order valence-electron chi connectivity index (χ3n) is 4.77. The fraction of sp³-hybridized carbons (Fsp3) is 0.0952. The molecule has 0 aliphatic carbocycles. The Morgan fingerprint density at radius 1 is 1.06 bits per heavy atom. The molecule has 1 unspecified atom stereocenters. The number of carbonyl (C=O) groups is 2. The standard InChI is InChI=1S/C21H11ClF5N3O2/c22-14-2-1-11(23)8-13(14)17-16-15(3-4-28-18(16)20(32)30-17)29-19(31)9-5-10(21(25,26)27)7-12(24)6-9/h1-8,17H,(H,30,32)(H,28,29,31). The number of aromatic nitrogens is 1. The van der Waals surface area contributed by atoms with Gasteiger partial charge in [0, 0.05) is 27.9 Å². The number of carbonyl (C=O) groups excluding carboxylic acids is 2. The second kappa shape index (κ2) is 7.86. The first kappa shape index (κ1) is 21.7. The number of hydrogen-bond donors (Lipinski definition) is 2. The van der Waals surface area contributed by atoms with Gasteiger partial charge in [-0.15, -0.1) is 0 Å². The third kappa shape index (κ3) is 4.01. The first-order valence-corrected chi connectivity index (χ1v) is 9.36. The van der Waals surface area contributed by atoms with Crippen LogP contribution in [0.2, 0.25) is 5.02 Å². The highest BCUT2D eigenvalue weighted by Crippen LogP contribution is 2.38. The zero-order valence-corrected chi connectivity index (χ0v) is 16.5. The first-order valence-electron chi connectivity index (χ1n) is 8.98. The van der Waals surface area contributed by atoms with E-state index in [0.29, 0.717) is 12.1 Å². The van der Waals surface area contributed by atoms with E-state index in [1.54, 1.807) is 0 Å². The Bertz CT molecular complexity index is 1260. The third-order valence-corrected chi connectivity index (χ3v) is 5.12. The second-order valence-electron chi connectivity index (χ2n) is 6.87. The highest BCUT2D eigenvalue weighted by Gasteiger charge is 2.36. The Hall–Kier alpha value is -3.53. The number of hydrogen-bond acceptors (Lipinski definition) is 3. The van der Waals surface area contributed by atoms with E-state index < -0.39 is 46.8 Å². The van der Waals surface area contributed by atoms with Crippen molar-refractivity contribution in [1.82, 2.24) is 10.3 Å². The van der Waals surface area contributed by atoms with E-state index in [2.05, 4.69) is 15.6 Å². The van der Waals surface area contributed by atoms with Crippen molar-refractivity contribution in [3.05, 3.63) is 93.3 Å². The van der Waals surface area contributed by atoms with Crippen LogP contribution < -0.4 is 10.6 Å². The molecule has 0 saturated carbocycles. The highest BCUT2D eigenvalue weighted by atomic mass is 35.5. The van der Waals surface area contributed by atoms with Crippen molar-refractivity contribution < 1.29 is 31.5 Å². The van der Waals surface area contributed by atoms with E-state index >= 15 is 0 Å². The minimum Gasteiger partial charge on any atom is -0.340 e. The summed E-state index contributed by atoms with van der Waals surface area (Å²) < 4.78 is 66.4. The number of alkyl halides is 3. The molecule has 32 heavy (non-hydrogen) atoms. The molecule has 164 valence electrons. The number of amides is 2. The summed E-state index contributed by atoms with van der Waals surface area (Å²) in [6.07, 6.45) is -3.65. The largest absolute Gasteiger partial charge is 0.416 e. The van der Waals surface area contributed by atoms with Gasteiger partial charge in [0.05, 0.1) is 17.3 Å². The van der Waals surface area contributed by atoms with Crippen LogP contribution in [0.4, 0.5) is 27.6 Å². The molecule has 1 aliphatic heterocycles. The minimum absolute atomic E-state index is 0.0153. The number of benzene rings is 2. The molecule has 0 radical (unpaired) electrons. The second-order valence-corrected chi connectivity index (χ2v) is 7.28. The van der Waals surface area contributed by atoms with Gasteiger partial charge in [0.2, 0.25) is 0 Å².